The van der Waals surface area contributed by atoms with Gasteiger partial charge in [0.15, 0.2) is 5.78 Å². The highest BCUT2D eigenvalue weighted by Gasteiger charge is 2.05. The van der Waals surface area contributed by atoms with Gasteiger partial charge in [0.2, 0.25) is 10.0 Å². The van der Waals surface area contributed by atoms with E-state index >= 15 is 0 Å². The quantitative estimate of drug-likeness (QED) is 0.619. The normalized spacial score (nSPS) is 11.4. The molecule has 2 aromatic carbocycles. The van der Waals surface area contributed by atoms with Gasteiger partial charge >= 0.3 is 5.97 Å². The Labute approximate surface area is 139 Å². The molecule has 0 bridgehead atoms. The van der Waals surface area contributed by atoms with Crippen molar-refractivity contribution in [2.24, 2.45) is 0 Å². The zero-order valence-corrected chi connectivity index (χ0v) is 13.6. The molecular weight excluding hydrogens is 330 g/mol. The number of carboxylic acid groups (broad SMARTS) is 1. The number of benzene rings is 2. The zero-order valence-electron chi connectivity index (χ0n) is 12.8. The van der Waals surface area contributed by atoms with Crippen LogP contribution in [0.1, 0.15) is 26.3 Å². The molecule has 0 unspecified atom stereocenters. The second-order valence-electron chi connectivity index (χ2n) is 5.08. The number of carboxylic acids is 1. The Bertz CT molecular complexity index is 882. The minimum Gasteiger partial charge on any atom is -0.478 e. The number of nitrogens with one attached hydrogen (secondary N) is 1. The largest absolute Gasteiger partial charge is 0.478 e. The van der Waals surface area contributed by atoms with Crippen molar-refractivity contribution in [3.63, 3.8) is 0 Å². The fraction of sp³-hybridized carbons (Fsp3) is 0.0588. The molecule has 0 saturated heterocycles. The Kier molecular flexibility index (Phi) is 5.15. The summed E-state index contributed by atoms with van der Waals surface area (Å²) < 4.78 is 24.6. The maximum absolute atomic E-state index is 12.1. The molecule has 124 valence electrons. The van der Waals surface area contributed by atoms with Gasteiger partial charge in [-0.05, 0) is 48.0 Å². The first-order valence-electron chi connectivity index (χ1n) is 6.88. The molecule has 0 atom stereocenters. The lowest BCUT2D eigenvalue weighted by Crippen LogP contribution is -2.09. The van der Waals surface area contributed by atoms with E-state index in [1.54, 1.807) is 18.2 Å². The maximum Gasteiger partial charge on any atom is 0.335 e. The molecule has 2 rings (SSSR count). The predicted molar refractivity (Wildman–Crippen MR) is 91.7 cm³/mol. The summed E-state index contributed by atoms with van der Waals surface area (Å²) in [6.45, 7) is 0. The van der Waals surface area contributed by atoms with E-state index in [4.69, 9.17) is 5.11 Å². The minimum atomic E-state index is -3.36. The van der Waals surface area contributed by atoms with Crippen LogP contribution in [0.3, 0.4) is 0 Å². The van der Waals surface area contributed by atoms with E-state index in [-0.39, 0.29) is 11.3 Å². The first-order valence-corrected chi connectivity index (χ1v) is 8.77. The summed E-state index contributed by atoms with van der Waals surface area (Å²) in [5.74, 6) is -1.26. The van der Waals surface area contributed by atoms with E-state index in [0.717, 1.165) is 6.26 Å². The molecule has 0 fully saturated rings. The van der Waals surface area contributed by atoms with E-state index in [2.05, 4.69) is 4.72 Å². The van der Waals surface area contributed by atoms with Crippen LogP contribution in [0.2, 0.25) is 0 Å². The minimum absolute atomic E-state index is 0.174. The summed E-state index contributed by atoms with van der Waals surface area (Å²) in [6, 6.07) is 12.2. The van der Waals surface area contributed by atoms with E-state index < -0.39 is 16.0 Å². The Morgan fingerprint density at radius 3 is 2.00 bits per heavy atom. The van der Waals surface area contributed by atoms with Crippen LogP contribution in [0.4, 0.5) is 5.69 Å². The van der Waals surface area contributed by atoms with Gasteiger partial charge in [-0.25, -0.2) is 13.2 Å². The van der Waals surface area contributed by atoms with Crippen molar-refractivity contribution in [3.05, 3.63) is 71.3 Å². The van der Waals surface area contributed by atoms with Crippen molar-refractivity contribution in [2.75, 3.05) is 11.0 Å². The van der Waals surface area contributed by atoms with Crippen LogP contribution in [0, 0.1) is 0 Å². The van der Waals surface area contributed by atoms with E-state index in [1.165, 1.54) is 42.5 Å². The number of carbonyl (C=O) groups excluding carboxylic acids is 1. The number of rotatable bonds is 6. The van der Waals surface area contributed by atoms with Crippen LogP contribution in [-0.2, 0) is 10.0 Å². The number of carbonyl (C=O) groups is 2. The van der Waals surface area contributed by atoms with Gasteiger partial charge in [-0.15, -0.1) is 0 Å². The predicted octanol–water partition coefficient (Wildman–Crippen LogP) is 2.65. The number of sulfonamides is 1. The third kappa shape index (κ3) is 5.06. The number of aromatic carboxylic acids is 1. The molecule has 2 aromatic rings. The Morgan fingerprint density at radius 2 is 1.50 bits per heavy atom. The molecular formula is C17H15NO5S. The highest BCUT2D eigenvalue weighted by molar-refractivity contribution is 7.92. The van der Waals surface area contributed by atoms with E-state index in [1.807, 2.05) is 0 Å². The lowest BCUT2D eigenvalue weighted by atomic mass is 10.1. The molecule has 0 heterocycles. The monoisotopic (exact) mass is 345 g/mol. The van der Waals surface area contributed by atoms with Gasteiger partial charge in [0.25, 0.3) is 0 Å². The summed E-state index contributed by atoms with van der Waals surface area (Å²) in [7, 11) is -3.36. The summed E-state index contributed by atoms with van der Waals surface area (Å²) >= 11 is 0. The molecule has 0 amide bonds. The highest BCUT2D eigenvalue weighted by Crippen LogP contribution is 2.13. The van der Waals surface area contributed by atoms with Crippen LogP contribution in [0.25, 0.3) is 6.08 Å². The molecule has 6 nitrogen and oxygen atoms in total. The van der Waals surface area contributed by atoms with Crippen LogP contribution >= 0.6 is 0 Å². The Balaban J connectivity index is 2.07. The molecule has 0 aliphatic rings. The molecule has 0 saturated carbocycles. The number of allylic oxidation sites excluding steroid dienone is 1. The molecule has 24 heavy (non-hydrogen) atoms. The lowest BCUT2D eigenvalue weighted by Gasteiger charge is -2.04. The molecule has 7 heteroatoms. The zero-order chi connectivity index (χ0) is 17.7. The van der Waals surface area contributed by atoms with Gasteiger partial charge in [-0.3, -0.25) is 9.52 Å². The summed E-state index contributed by atoms with van der Waals surface area (Å²) in [5, 5.41) is 8.82. The maximum atomic E-state index is 12.1. The smallest absolute Gasteiger partial charge is 0.335 e. The molecule has 0 aromatic heterocycles. The first kappa shape index (κ1) is 17.4. The van der Waals surface area contributed by atoms with Gasteiger partial charge in [0.05, 0.1) is 11.8 Å². The van der Waals surface area contributed by atoms with Crippen molar-refractivity contribution in [1.82, 2.24) is 0 Å². The second kappa shape index (κ2) is 7.10. The fourth-order valence-corrected chi connectivity index (χ4v) is 2.49. The van der Waals surface area contributed by atoms with Gasteiger partial charge in [-0.1, -0.05) is 18.2 Å². The van der Waals surface area contributed by atoms with Gasteiger partial charge in [-0.2, -0.15) is 0 Å². The van der Waals surface area contributed by atoms with Gasteiger partial charge < -0.3 is 5.11 Å². The summed E-state index contributed by atoms with van der Waals surface area (Å²) in [4.78, 5) is 22.8. The first-order chi connectivity index (χ1) is 11.2. The van der Waals surface area contributed by atoms with Gasteiger partial charge in [0.1, 0.15) is 0 Å². The SMILES string of the molecule is CS(=O)(=O)Nc1ccc(C(=O)C=Cc2ccc(C(=O)O)cc2)cc1. The Hall–Kier alpha value is -2.93. The standard InChI is InChI=1S/C17H15NO5S/c1-24(22,23)18-15-9-7-13(8-10-15)16(19)11-4-12-2-5-14(6-3-12)17(20)21/h2-11,18H,1H3,(H,20,21). The molecule has 0 spiro atoms. The molecule has 2 N–H and O–H groups in total. The summed E-state index contributed by atoms with van der Waals surface area (Å²) in [6.07, 6.45) is 4.00. The highest BCUT2D eigenvalue weighted by atomic mass is 32.2. The number of hydrogen-bond donors (Lipinski definition) is 2. The third-order valence-electron chi connectivity index (χ3n) is 3.06. The van der Waals surface area contributed by atoms with Crippen LogP contribution in [-0.4, -0.2) is 31.5 Å². The topological polar surface area (TPSA) is 101 Å². The second-order valence-corrected chi connectivity index (χ2v) is 6.82. The average molecular weight is 345 g/mol. The summed E-state index contributed by atoms with van der Waals surface area (Å²) in [5.41, 5.74) is 1.66. The van der Waals surface area contributed by atoms with E-state index in [9.17, 15) is 18.0 Å². The molecule has 0 aliphatic carbocycles. The van der Waals surface area contributed by atoms with E-state index in [0.29, 0.717) is 16.8 Å². The van der Waals surface area contributed by atoms with Crippen LogP contribution in [0.5, 0.6) is 0 Å². The lowest BCUT2D eigenvalue weighted by molar-refractivity contribution is 0.0696. The van der Waals surface area contributed by atoms with Crippen LogP contribution < -0.4 is 4.72 Å². The van der Waals surface area contributed by atoms with Crippen molar-refractivity contribution < 1.29 is 23.1 Å². The number of ketones is 1. The molecule has 0 radical (unpaired) electrons. The average Bonchev–Trinajstić information content (AvgIpc) is 2.52. The van der Waals surface area contributed by atoms with Crippen molar-refractivity contribution >= 4 is 33.5 Å². The van der Waals surface area contributed by atoms with Crippen LogP contribution in [0.15, 0.2) is 54.6 Å². The van der Waals surface area contributed by atoms with Crippen molar-refractivity contribution in [2.45, 2.75) is 0 Å². The Morgan fingerprint density at radius 1 is 0.958 bits per heavy atom. The van der Waals surface area contributed by atoms with Crippen molar-refractivity contribution in [1.29, 1.82) is 0 Å². The number of hydrogen-bond acceptors (Lipinski definition) is 4. The fourth-order valence-electron chi connectivity index (χ4n) is 1.92. The molecule has 0 aliphatic heterocycles. The number of anilines is 1. The van der Waals surface area contributed by atoms with Crippen molar-refractivity contribution in [3.8, 4) is 0 Å². The van der Waals surface area contributed by atoms with Gasteiger partial charge in [0, 0.05) is 11.3 Å². The third-order valence-corrected chi connectivity index (χ3v) is 3.66.